The summed E-state index contributed by atoms with van der Waals surface area (Å²) >= 11 is 3.10. The molecule has 2 N–H and O–H groups in total. The topological polar surface area (TPSA) is 58.2 Å². The van der Waals surface area contributed by atoms with Gasteiger partial charge in [-0.3, -0.25) is 9.59 Å². The molecule has 2 heterocycles. The van der Waals surface area contributed by atoms with Crippen LogP contribution >= 0.6 is 22.7 Å². The zero-order chi connectivity index (χ0) is 19.7. The lowest BCUT2D eigenvalue weighted by Gasteiger charge is -2.12. The fourth-order valence-corrected chi connectivity index (χ4v) is 4.41. The number of aryl methyl sites for hydroxylation is 2. The maximum absolute atomic E-state index is 12.5. The number of rotatable bonds is 4. The Morgan fingerprint density at radius 1 is 0.714 bits per heavy atom. The van der Waals surface area contributed by atoms with E-state index in [-0.39, 0.29) is 11.8 Å². The van der Waals surface area contributed by atoms with Crippen LogP contribution in [-0.2, 0) is 0 Å². The Hall–Kier alpha value is -2.96. The zero-order valence-electron chi connectivity index (χ0n) is 15.4. The SMILES string of the molecule is Cc1cc(C(=O)Nc2cccc3c(NC(=O)c4csc(C)c4)cccc23)cs1. The molecule has 0 saturated carbocycles. The first-order chi connectivity index (χ1) is 13.5. The Morgan fingerprint density at radius 3 is 1.50 bits per heavy atom. The van der Waals surface area contributed by atoms with Crippen LogP contribution < -0.4 is 10.6 Å². The van der Waals surface area contributed by atoms with Gasteiger partial charge in [-0.1, -0.05) is 24.3 Å². The second kappa shape index (κ2) is 7.58. The molecule has 0 fully saturated rings. The Kier molecular flexibility index (Phi) is 4.98. The minimum Gasteiger partial charge on any atom is -0.321 e. The number of nitrogens with one attached hydrogen (secondary N) is 2. The largest absolute Gasteiger partial charge is 0.321 e. The molecule has 0 aliphatic heterocycles. The molecule has 0 aliphatic carbocycles. The number of carbonyl (C=O) groups excluding carboxylic acids is 2. The van der Waals surface area contributed by atoms with Gasteiger partial charge >= 0.3 is 0 Å². The Labute approximate surface area is 170 Å². The normalized spacial score (nSPS) is 10.8. The standard InChI is InChI=1S/C22H18N2O2S2/c1-13-9-15(11-27-13)21(25)23-19-7-3-6-18-17(19)5-4-8-20(18)24-22(26)16-10-14(2)28-12-16/h3-12H,1-2H3,(H,23,25)(H,24,26). The fraction of sp³-hybridized carbons (Fsp3) is 0.0909. The van der Waals surface area contributed by atoms with Gasteiger partial charge in [0.25, 0.3) is 11.8 Å². The van der Waals surface area contributed by atoms with E-state index in [1.807, 2.05) is 73.1 Å². The van der Waals surface area contributed by atoms with Gasteiger partial charge in [0.05, 0.1) is 11.1 Å². The van der Waals surface area contributed by atoms with E-state index in [1.54, 1.807) is 22.7 Å². The molecule has 0 aliphatic rings. The first kappa shape index (κ1) is 18.4. The number of carbonyl (C=O) groups is 2. The Morgan fingerprint density at radius 2 is 1.14 bits per heavy atom. The lowest BCUT2D eigenvalue weighted by molar-refractivity contribution is 0.101. The first-order valence-electron chi connectivity index (χ1n) is 8.76. The van der Waals surface area contributed by atoms with Crippen molar-refractivity contribution >= 4 is 56.6 Å². The maximum Gasteiger partial charge on any atom is 0.256 e. The van der Waals surface area contributed by atoms with E-state index in [9.17, 15) is 9.59 Å². The smallest absolute Gasteiger partial charge is 0.256 e. The number of hydrogen-bond donors (Lipinski definition) is 2. The third kappa shape index (κ3) is 3.69. The third-order valence-corrected chi connectivity index (χ3v) is 6.13. The minimum atomic E-state index is -0.139. The van der Waals surface area contributed by atoms with E-state index in [1.165, 1.54) is 0 Å². The predicted octanol–water partition coefficient (Wildman–Crippen LogP) is 6.08. The molecule has 0 spiro atoms. The van der Waals surface area contributed by atoms with Crippen LogP contribution in [0.2, 0.25) is 0 Å². The molecule has 2 aromatic carbocycles. The van der Waals surface area contributed by atoms with Crippen LogP contribution in [0.5, 0.6) is 0 Å². The number of thiophene rings is 2. The summed E-state index contributed by atoms with van der Waals surface area (Å²) in [6, 6.07) is 15.1. The summed E-state index contributed by atoms with van der Waals surface area (Å²) in [5.41, 5.74) is 2.73. The van der Waals surface area contributed by atoms with Gasteiger partial charge in [-0.15, -0.1) is 22.7 Å². The molecule has 0 radical (unpaired) electrons. The van der Waals surface area contributed by atoms with Crippen molar-refractivity contribution in [2.75, 3.05) is 10.6 Å². The van der Waals surface area contributed by atoms with E-state index in [0.717, 1.165) is 20.5 Å². The molecule has 6 heteroatoms. The zero-order valence-corrected chi connectivity index (χ0v) is 17.0. The lowest BCUT2D eigenvalue weighted by atomic mass is 10.1. The van der Waals surface area contributed by atoms with Crippen molar-refractivity contribution in [3.05, 3.63) is 80.2 Å². The molecule has 4 rings (SSSR count). The number of anilines is 2. The highest BCUT2D eigenvalue weighted by atomic mass is 32.1. The van der Waals surface area contributed by atoms with Gasteiger partial charge in [0.15, 0.2) is 0 Å². The monoisotopic (exact) mass is 406 g/mol. The van der Waals surface area contributed by atoms with Crippen molar-refractivity contribution in [1.82, 2.24) is 0 Å². The van der Waals surface area contributed by atoms with E-state index >= 15 is 0 Å². The maximum atomic E-state index is 12.5. The molecule has 4 aromatic rings. The van der Waals surface area contributed by atoms with Gasteiger partial charge in [0, 0.05) is 42.7 Å². The summed E-state index contributed by atoms with van der Waals surface area (Å²) in [5, 5.41) is 11.4. The summed E-state index contributed by atoms with van der Waals surface area (Å²) in [6.07, 6.45) is 0. The predicted molar refractivity (Wildman–Crippen MR) is 118 cm³/mol. The van der Waals surface area contributed by atoms with Crippen molar-refractivity contribution in [2.24, 2.45) is 0 Å². The first-order valence-corrected chi connectivity index (χ1v) is 10.5. The van der Waals surface area contributed by atoms with Crippen LogP contribution in [0.4, 0.5) is 11.4 Å². The molecule has 0 unspecified atom stereocenters. The van der Waals surface area contributed by atoms with E-state index in [4.69, 9.17) is 0 Å². The van der Waals surface area contributed by atoms with E-state index in [2.05, 4.69) is 10.6 Å². The number of hydrogen-bond acceptors (Lipinski definition) is 4. The van der Waals surface area contributed by atoms with E-state index < -0.39 is 0 Å². The quantitative estimate of drug-likeness (QED) is 0.431. The van der Waals surface area contributed by atoms with Crippen molar-refractivity contribution in [3.63, 3.8) is 0 Å². The summed E-state index contributed by atoms with van der Waals surface area (Å²) in [4.78, 5) is 27.3. The average Bonchev–Trinajstić information content (AvgIpc) is 3.31. The minimum absolute atomic E-state index is 0.139. The molecule has 4 nitrogen and oxygen atoms in total. The highest BCUT2D eigenvalue weighted by molar-refractivity contribution is 7.10. The van der Waals surface area contributed by atoms with Crippen LogP contribution in [0, 0.1) is 13.8 Å². The second-order valence-corrected chi connectivity index (χ2v) is 8.74. The van der Waals surface area contributed by atoms with Gasteiger partial charge in [0.1, 0.15) is 0 Å². The van der Waals surface area contributed by atoms with Gasteiger partial charge in [0.2, 0.25) is 0 Å². The summed E-state index contributed by atoms with van der Waals surface area (Å²) in [7, 11) is 0. The molecule has 140 valence electrons. The molecule has 0 saturated heterocycles. The fourth-order valence-electron chi connectivity index (χ4n) is 3.04. The van der Waals surface area contributed by atoms with Crippen molar-refractivity contribution in [3.8, 4) is 0 Å². The third-order valence-electron chi connectivity index (χ3n) is 4.40. The van der Waals surface area contributed by atoms with Crippen molar-refractivity contribution < 1.29 is 9.59 Å². The van der Waals surface area contributed by atoms with Crippen LogP contribution in [0.25, 0.3) is 10.8 Å². The van der Waals surface area contributed by atoms with Crippen molar-refractivity contribution in [2.45, 2.75) is 13.8 Å². The molecular formula is C22H18N2O2S2. The average molecular weight is 407 g/mol. The van der Waals surface area contributed by atoms with Gasteiger partial charge < -0.3 is 10.6 Å². The van der Waals surface area contributed by atoms with Crippen LogP contribution in [0.15, 0.2) is 59.3 Å². The molecule has 2 amide bonds. The van der Waals surface area contributed by atoms with Crippen LogP contribution in [0.1, 0.15) is 30.5 Å². The molecule has 0 bridgehead atoms. The number of amides is 2. The molecular weight excluding hydrogens is 388 g/mol. The highest BCUT2D eigenvalue weighted by Crippen LogP contribution is 2.30. The van der Waals surface area contributed by atoms with Crippen LogP contribution in [-0.4, -0.2) is 11.8 Å². The van der Waals surface area contributed by atoms with Crippen LogP contribution in [0.3, 0.4) is 0 Å². The summed E-state index contributed by atoms with van der Waals surface area (Å²) < 4.78 is 0. The van der Waals surface area contributed by atoms with Gasteiger partial charge in [-0.2, -0.15) is 0 Å². The number of benzene rings is 2. The summed E-state index contributed by atoms with van der Waals surface area (Å²) in [5.74, 6) is -0.278. The summed E-state index contributed by atoms with van der Waals surface area (Å²) in [6.45, 7) is 3.95. The number of fused-ring (bicyclic) bond motifs is 1. The lowest BCUT2D eigenvalue weighted by Crippen LogP contribution is -2.12. The molecule has 2 aromatic heterocycles. The van der Waals surface area contributed by atoms with Crippen molar-refractivity contribution in [1.29, 1.82) is 0 Å². The van der Waals surface area contributed by atoms with E-state index in [0.29, 0.717) is 22.5 Å². The highest BCUT2D eigenvalue weighted by Gasteiger charge is 2.13. The van der Waals surface area contributed by atoms with Gasteiger partial charge in [-0.05, 0) is 38.1 Å². The second-order valence-electron chi connectivity index (χ2n) is 6.51. The Balaban J connectivity index is 1.64. The molecule has 28 heavy (non-hydrogen) atoms. The Bertz CT molecular complexity index is 1100. The van der Waals surface area contributed by atoms with Gasteiger partial charge in [-0.25, -0.2) is 0 Å². The molecule has 0 atom stereocenters.